The molecule has 3 aromatic carbocycles. The van der Waals surface area contributed by atoms with E-state index >= 15 is 0 Å². The second-order valence-corrected chi connectivity index (χ2v) is 10.4. The molecule has 0 radical (unpaired) electrons. The van der Waals surface area contributed by atoms with Crippen molar-refractivity contribution in [1.29, 1.82) is 0 Å². The zero-order valence-electron chi connectivity index (χ0n) is 23.8. The zero-order valence-corrected chi connectivity index (χ0v) is 23.8. The summed E-state index contributed by atoms with van der Waals surface area (Å²) in [4.78, 5) is 36.7. The van der Waals surface area contributed by atoms with Crippen molar-refractivity contribution in [3.63, 3.8) is 0 Å². The molecule has 1 fully saturated rings. The third-order valence-corrected chi connectivity index (χ3v) is 7.40. The quantitative estimate of drug-likeness (QED) is 0.182. The standard InChI is InChI=1S/C34H36FNO6/c1-41-34(40)28-14-9-26(10-15-28)22-25(6-5-24-7-12-27(13-8-24)33(38)39)11-16-29-23-30(35)17-18-31(29)42-21-3-20-36-19-2-4-32(36)37/h7-18,23,25H,2-6,19-22H2,1H3,(H,38,39). The Labute approximate surface area is 245 Å². The highest BCUT2D eigenvalue weighted by atomic mass is 19.1. The number of benzene rings is 3. The number of carbonyl (C=O) groups excluding carboxylic acids is 2. The molecule has 1 aliphatic rings. The van der Waals surface area contributed by atoms with Gasteiger partial charge >= 0.3 is 11.9 Å². The number of halogens is 1. The summed E-state index contributed by atoms with van der Waals surface area (Å²) in [6.45, 7) is 1.86. The first-order chi connectivity index (χ1) is 20.3. The van der Waals surface area contributed by atoms with Crippen molar-refractivity contribution in [3.05, 3.63) is 106 Å². The van der Waals surface area contributed by atoms with Gasteiger partial charge in [0.15, 0.2) is 0 Å². The molecule has 0 aromatic heterocycles. The summed E-state index contributed by atoms with van der Waals surface area (Å²) in [6.07, 6.45) is 8.29. The number of likely N-dealkylation sites (tertiary alicyclic amines) is 1. The lowest BCUT2D eigenvalue weighted by Gasteiger charge is -2.16. The number of ether oxygens (including phenoxy) is 2. The maximum atomic E-state index is 14.2. The lowest BCUT2D eigenvalue weighted by molar-refractivity contribution is -0.127. The molecule has 1 amide bonds. The third kappa shape index (κ3) is 8.77. The molecule has 7 nitrogen and oxygen atoms in total. The van der Waals surface area contributed by atoms with Gasteiger partial charge in [-0.3, -0.25) is 4.79 Å². The van der Waals surface area contributed by atoms with Gasteiger partial charge in [0.1, 0.15) is 11.6 Å². The number of hydrogen-bond acceptors (Lipinski definition) is 5. The topological polar surface area (TPSA) is 93.1 Å². The van der Waals surface area contributed by atoms with Crippen LogP contribution >= 0.6 is 0 Å². The Kier molecular flexibility index (Phi) is 10.9. The van der Waals surface area contributed by atoms with Crippen LogP contribution in [-0.2, 0) is 22.4 Å². The van der Waals surface area contributed by atoms with Crippen LogP contribution in [0.5, 0.6) is 5.75 Å². The minimum atomic E-state index is -0.963. The summed E-state index contributed by atoms with van der Waals surface area (Å²) in [6, 6.07) is 18.6. The Hall–Kier alpha value is -4.46. The van der Waals surface area contributed by atoms with E-state index in [9.17, 15) is 23.9 Å². The van der Waals surface area contributed by atoms with Gasteiger partial charge in [0.05, 0.1) is 24.8 Å². The molecule has 42 heavy (non-hydrogen) atoms. The number of amides is 1. The van der Waals surface area contributed by atoms with Gasteiger partial charge in [-0.05, 0) is 91.6 Å². The minimum absolute atomic E-state index is 0.0606. The molecule has 1 N–H and O–H groups in total. The molecule has 220 valence electrons. The van der Waals surface area contributed by atoms with Crippen LogP contribution in [0.3, 0.4) is 0 Å². The van der Waals surface area contributed by atoms with Crippen LogP contribution in [0.25, 0.3) is 6.08 Å². The van der Waals surface area contributed by atoms with E-state index < -0.39 is 11.9 Å². The highest BCUT2D eigenvalue weighted by Crippen LogP contribution is 2.25. The summed E-state index contributed by atoms with van der Waals surface area (Å²) in [7, 11) is 1.35. The van der Waals surface area contributed by atoms with Crippen LogP contribution in [0.15, 0.2) is 72.8 Å². The fraction of sp³-hybridized carbons (Fsp3) is 0.324. The maximum Gasteiger partial charge on any atom is 0.337 e. The zero-order chi connectivity index (χ0) is 29.9. The van der Waals surface area contributed by atoms with E-state index in [1.807, 2.05) is 41.3 Å². The minimum Gasteiger partial charge on any atom is -0.493 e. The van der Waals surface area contributed by atoms with E-state index in [0.29, 0.717) is 49.3 Å². The summed E-state index contributed by atoms with van der Waals surface area (Å²) >= 11 is 0. The fourth-order valence-corrected chi connectivity index (χ4v) is 5.03. The van der Waals surface area contributed by atoms with Crippen molar-refractivity contribution in [3.8, 4) is 5.75 Å². The average Bonchev–Trinajstić information content (AvgIpc) is 3.41. The summed E-state index contributed by atoms with van der Waals surface area (Å²) in [5.41, 5.74) is 3.40. The van der Waals surface area contributed by atoms with Gasteiger partial charge in [-0.25, -0.2) is 14.0 Å². The lowest BCUT2D eigenvalue weighted by Crippen LogP contribution is -2.26. The van der Waals surface area contributed by atoms with Crippen LogP contribution in [0.1, 0.15) is 63.1 Å². The largest absolute Gasteiger partial charge is 0.493 e. The number of carboxylic acids is 1. The molecule has 1 unspecified atom stereocenters. The van der Waals surface area contributed by atoms with Crippen molar-refractivity contribution in [2.45, 2.75) is 38.5 Å². The first-order valence-electron chi connectivity index (χ1n) is 14.2. The van der Waals surface area contributed by atoms with E-state index in [-0.39, 0.29) is 23.2 Å². The highest BCUT2D eigenvalue weighted by molar-refractivity contribution is 5.89. The molecule has 4 rings (SSSR count). The molecule has 0 saturated carbocycles. The van der Waals surface area contributed by atoms with Gasteiger partial charge < -0.3 is 19.5 Å². The molecule has 1 atom stereocenters. The number of methoxy groups -OCH3 is 1. The number of hydrogen-bond donors (Lipinski definition) is 1. The number of aromatic carboxylic acids is 1. The molecule has 8 heteroatoms. The van der Waals surface area contributed by atoms with Crippen LogP contribution in [0.4, 0.5) is 4.39 Å². The van der Waals surface area contributed by atoms with Crippen molar-refractivity contribution in [2.75, 3.05) is 26.8 Å². The monoisotopic (exact) mass is 573 g/mol. The predicted molar refractivity (Wildman–Crippen MR) is 158 cm³/mol. The van der Waals surface area contributed by atoms with Crippen LogP contribution in [0.2, 0.25) is 0 Å². The number of nitrogens with zero attached hydrogens (tertiary/aromatic N) is 1. The van der Waals surface area contributed by atoms with Crippen molar-refractivity contribution >= 4 is 23.9 Å². The summed E-state index contributed by atoms with van der Waals surface area (Å²) in [5.74, 6) is -0.900. The number of allylic oxidation sites excluding steroid dienone is 1. The molecule has 3 aromatic rings. The predicted octanol–water partition coefficient (Wildman–Crippen LogP) is 6.21. The van der Waals surface area contributed by atoms with Crippen molar-refractivity contribution in [1.82, 2.24) is 4.90 Å². The second kappa shape index (κ2) is 15.0. The number of carboxylic acid groups (broad SMARTS) is 1. The first kappa shape index (κ1) is 30.5. The lowest BCUT2D eigenvalue weighted by atomic mass is 9.91. The molecule has 0 spiro atoms. The van der Waals surface area contributed by atoms with E-state index in [1.165, 1.54) is 19.2 Å². The summed E-state index contributed by atoms with van der Waals surface area (Å²) < 4.78 is 25.0. The number of rotatable bonds is 14. The maximum absolute atomic E-state index is 14.2. The van der Waals surface area contributed by atoms with Gasteiger partial charge in [-0.2, -0.15) is 0 Å². The molecule has 1 aliphatic heterocycles. The van der Waals surface area contributed by atoms with Gasteiger partial charge in [-0.15, -0.1) is 0 Å². The van der Waals surface area contributed by atoms with Crippen molar-refractivity contribution in [2.24, 2.45) is 5.92 Å². The Morgan fingerprint density at radius 1 is 1.02 bits per heavy atom. The molecular formula is C34H36FNO6. The van der Waals surface area contributed by atoms with E-state index in [4.69, 9.17) is 9.47 Å². The smallest absolute Gasteiger partial charge is 0.337 e. The fourth-order valence-electron chi connectivity index (χ4n) is 5.03. The second-order valence-electron chi connectivity index (χ2n) is 10.4. The molecule has 1 heterocycles. The molecule has 0 aliphatic carbocycles. The van der Waals surface area contributed by atoms with Crippen LogP contribution < -0.4 is 4.74 Å². The normalized spacial score (nSPS) is 13.9. The molecule has 0 bridgehead atoms. The average molecular weight is 574 g/mol. The van der Waals surface area contributed by atoms with Gasteiger partial charge in [0.2, 0.25) is 5.91 Å². The number of aryl methyl sites for hydroxylation is 1. The molecule has 1 saturated heterocycles. The highest BCUT2D eigenvalue weighted by Gasteiger charge is 2.19. The third-order valence-electron chi connectivity index (χ3n) is 7.40. The summed E-state index contributed by atoms with van der Waals surface area (Å²) in [5, 5.41) is 9.19. The van der Waals surface area contributed by atoms with Crippen LogP contribution in [-0.4, -0.2) is 54.7 Å². The Balaban J connectivity index is 1.46. The Morgan fingerprint density at radius 2 is 1.74 bits per heavy atom. The Bertz CT molecular complexity index is 1400. The Morgan fingerprint density at radius 3 is 2.40 bits per heavy atom. The van der Waals surface area contributed by atoms with Gasteiger partial charge in [-0.1, -0.05) is 36.4 Å². The van der Waals surface area contributed by atoms with Gasteiger partial charge in [0.25, 0.3) is 0 Å². The first-order valence-corrected chi connectivity index (χ1v) is 14.2. The van der Waals surface area contributed by atoms with E-state index in [0.717, 1.165) is 36.9 Å². The SMILES string of the molecule is COC(=O)c1ccc(CC(C=Cc2cc(F)ccc2OCCCN2CCCC2=O)CCc2ccc(C(=O)O)cc2)cc1. The van der Waals surface area contributed by atoms with Gasteiger partial charge in [0, 0.05) is 25.1 Å². The molecular weight excluding hydrogens is 537 g/mol. The van der Waals surface area contributed by atoms with E-state index in [2.05, 4.69) is 0 Å². The number of esters is 1. The van der Waals surface area contributed by atoms with Crippen molar-refractivity contribution < 1.29 is 33.4 Å². The van der Waals surface area contributed by atoms with E-state index in [1.54, 1.807) is 30.3 Å². The number of carbonyl (C=O) groups is 3. The van der Waals surface area contributed by atoms with Crippen LogP contribution in [0, 0.1) is 11.7 Å².